The third-order valence-corrected chi connectivity index (χ3v) is 2.74. The van der Waals surface area contributed by atoms with Gasteiger partial charge in [-0.1, -0.05) is 6.07 Å². The summed E-state index contributed by atoms with van der Waals surface area (Å²) in [6.07, 6.45) is -1.55. The highest BCUT2D eigenvalue weighted by atomic mass is 19.3. The van der Waals surface area contributed by atoms with E-state index in [2.05, 4.69) is 9.84 Å². The molecule has 0 N–H and O–H groups in total. The summed E-state index contributed by atoms with van der Waals surface area (Å²) < 4.78 is 45.2. The molecule has 0 spiro atoms. The van der Waals surface area contributed by atoms with Crippen molar-refractivity contribution in [3.63, 3.8) is 0 Å². The second-order valence-electron chi connectivity index (χ2n) is 4.09. The van der Waals surface area contributed by atoms with Crippen LogP contribution in [0.25, 0.3) is 11.3 Å². The Labute approximate surface area is 112 Å². The van der Waals surface area contributed by atoms with Crippen LogP contribution in [0.1, 0.15) is 22.3 Å². The predicted octanol–water partition coefficient (Wildman–Crippen LogP) is 2.95. The van der Waals surface area contributed by atoms with E-state index in [1.54, 1.807) is 0 Å². The van der Waals surface area contributed by atoms with Gasteiger partial charge in [-0.25, -0.2) is 18.0 Å². The first-order valence-corrected chi connectivity index (χ1v) is 5.64. The van der Waals surface area contributed by atoms with Gasteiger partial charge in [0.25, 0.3) is 6.43 Å². The molecule has 106 valence electrons. The van der Waals surface area contributed by atoms with Crippen molar-refractivity contribution in [2.24, 2.45) is 7.05 Å². The Kier molecular flexibility index (Phi) is 3.78. The van der Waals surface area contributed by atoms with Crippen LogP contribution in [0.2, 0.25) is 0 Å². The quantitative estimate of drug-likeness (QED) is 0.814. The second kappa shape index (κ2) is 5.36. The van der Waals surface area contributed by atoms with Crippen molar-refractivity contribution in [2.45, 2.75) is 6.43 Å². The van der Waals surface area contributed by atoms with Crippen molar-refractivity contribution >= 4 is 5.97 Å². The number of esters is 1. The Hall–Kier alpha value is -2.31. The Bertz CT molecular complexity index is 653. The van der Waals surface area contributed by atoms with Crippen LogP contribution in [0.5, 0.6) is 0 Å². The number of aryl methyl sites for hydroxylation is 1. The fraction of sp³-hybridized carbons (Fsp3) is 0.231. The second-order valence-corrected chi connectivity index (χ2v) is 4.09. The van der Waals surface area contributed by atoms with Crippen LogP contribution < -0.4 is 0 Å². The minimum absolute atomic E-state index is 0.0159. The van der Waals surface area contributed by atoms with Crippen LogP contribution in [-0.4, -0.2) is 22.9 Å². The number of hydrogen-bond acceptors (Lipinski definition) is 3. The van der Waals surface area contributed by atoms with Gasteiger partial charge in [0.1, 0.15) is 11.5 Å². The molecule has 2 rings (SSSR count). The van der Waals surface area contributed by atoms with Crippen molar-refractivity contribution in [3.8, 4) is 11.3 Å². The van der Waals surface area contributed by atoms with Crippen molar-refractivity contribution in [2.75, 3.05) is 7.11 Å². The molecule has 0 aliphatic heterocycles. The van der Waals surface area contributed by atoms with E-state index in [1.165, 1.54) is 30.1 Å². The average molecular weight is 284 g/mol. The summed E-state index contributed by atoms with van der Waals surface area (Å²) in [5, 5.41) is 3.89. The summed E-state index contributed by atoms with van der Waals surface area (Å²) >= 11 is 0. The molecule has 1 heterocycles. The van der Waals surface area contributed by atoms with Gasteiger partial charge in [-0.05, 0) is 12.1 Å². The highest BCUT2D eigenvalue weighted by molar-refractivity contribution is 5.90. The Morgan fingerprint density at radius 1 is 1.40 bits per heavy atom. The van der Waals surface area contributed by atoms with Crippen molar-refractivity contribution in [1.29, 1.82) is 0 Å². The van der Waals surface area contributed by atoms with Crippen LogP contribution in [0, 0.1) is 5.82 Å². The Balaban J connectivity index is 2.49. The monoisotopic (exact) mass is 284 g/mol. The van der Waals surface area contributed by atoms with E-state index in [0.717, 1.165) is 13.2 Å². The molecule has 0 unspecified atom stereocenters. The van der Waals surface area contributed by atoms with Gasteiger partial charge in [0.2, 0.25) is 0 Å². The van der Waals surface area contributed by atoms with E-state index in [-0.39, 0.29) is 22.4 Å². The molecule has 20 heavy (non-hydrogen) atoms. The van der Waals surface area contributed by atoms with E-state index < -0.39 is 18.2 Å². The molecule has 0 saturated heterocycles. The standard InChI is InChI=1S/C13H11F3N2O2/c1-18-6-9(12(15)16)11(17-18)7-3-4-8(10(14)5-7)13(19)20-2/h3-6,12H,1-2H3. The summed E-state index contributed by atoms with van der Waals surface area (Å²) in [5.74, 6) is -1.68. The van der Waals surface area contributed by atoms with Crippen molar-refractivity contribution < 1.29 is 22.7 Å². The van der Waals surface area contributed by atoms with Crippen molar-refractivity contribution in [1.82, 2.24) is 9.78 Å². The summed E-state index contributed by atoms with van der Waals surface area (Å²) in [6, 6.07) is 3.52. The van der Waals surface area contributed by atoms with Crippen LogP contribution in [0.15, 0.2) is 24.4 Å². The first kappa shape index (κ1) is 14.1. The van der Waals surface area contributed by atoms with E-state index in [0.29, 0.717) is 0 Å². The maximum Gasteiger partial charge on any atom is 0.340 e. The van der Waals surface area contributed by atoms with Crippen LogP contribution >= 0.6 is 0 Å². The van der Waals surface area contributed by atoms with E-state index in [9.17, 15) is 18.0 Å². The number of nitrogens with zero attached hydrogens (tertiary/aromatic N) is 2. The fourth-order valence-electron chi connectivity index (χ4n) is 1.83. The maximum absolute atomic E-state index is 13.8. The van der Waals surface area contributed by atoms with Crippen LogP contribution in [0.3, 0.4) is 0 Å². The topological polar surface area (TPSA) is 44.1 Å². The zero-order valence-electron chi connectivity index (χ0n) is 10.7. The van der Waals surface area contributed by atoms with Crippen LogP contribution in [-0.2, 0) is 11.8 Å². The Morgan fingerprint density at radius 3 is 2.65 bits per heavy atom. The van der Waals surface area contributed by atoms with Gasteiger partial charge in [0.15, 0.2) is 0 Å². The fourth-order valence-corrected chi connectivity index (χ4v) is 1.83. The molecule has 2 aromatic rings. The largest absolute Gasteiger partial charge is 0.465 e. The lowest BCUT2D eigenvalue weighted by molar-refractivity contribution is 0.0595. The molecule has 0 bridgehead atoms. The van der Waals surface area contributed by atoms with Gasteiger partial charge < -0.3 is 4.74 Å². The lowest BCUT2D eigenvalue weighted by Crippen LogP contribution is -2.04. The third-order valence-electron chi connectivity index (χ3n) is 2.74. The van der Waals surface area contributed by atoms with E-state index in [4.69, 9.17) is 0 Å². The number of methoxy groups -OCH3 is 1. The number of benzene rings is 1. The minimum Gasteiger partial charge on any atom is -0.465 e. The molecule has 0 atom stereocenters. The summed E-state index contributed by atoms with van der Waals surface area (Å²) in [4.78, 5) is 11.3. The van der Waals surface area contributed by atoms with Gasteiger partial charge >= 0.3 is 5.97 Å². The lowest BCUT2D eigenvalue weighted by atomic mass is 10.1. The number of hydrogen-bond donors (Lipinski definition) is 0. The first-order valence-electron chi connectivity index (χ1n) is 5.64. The molecule has 0 aliphatic rings. The Morgan fingerprint density at radius 2 is 2.10 bits per heavy atom. The highest BCUT2D eigenvalue weighted by Gasteiger charge is 2.20. The molecule has 7 heteroatoms. The average Bonchev–Trinajstić information content (AvgIpc) is 2.80. The van der Waals surface area contributed by atoms with Gasteiger partial charge in [-0.3, -0.25) is 4.68 Å². The minimum atomic E-state index is -2.72. The summed E-state index contributed by atoms with van der Waals surface area (Å²) in [5.41, 5.74) is -0.396. The molecular weight excluding hydrogens is 273 g/mol. The SMILES string of the molecule is COC(=O)c1ccc(-c2nn(C)cc2C(F)F)cc1F. The number of halogens is 3. The van der Waals surface area contributed by atoms with E-state index >= 15 is 0 Å². The molecule has 4 nitrogen and oxygen atoms in total. The molecule has 0 radical (unpaired) electrons. The molecule has 0 saturated carbocycles. The third kappa shape index (κ3) is 2.52. The van der Waals surface area contributed by atoms with Crippen molar-refractivity contribution in [3.05, 3.63) is 41.3 Å². The maximum atomic E-state index is 13.8. The summed E-state index contributed by atoms with van der Waals surface area (Å²) in [6.45, 7) is 0. The molecular formula is C13H11F3N2O2. The number of aromatic nitrogens is 2. The number of carbonyl (C=O) groups excluding carboxylic acids is 1. The van der Waals surface area contributed by atoms with Gasteiger partial charge in [0, 0.05) is 18.8 Å². The molecule has 1 aromatic heterocycles. The molecule has 0 amide bonds. The number of alkyl halides is 2. The number of carbonyl (C=O) groups is 1. The smallest absolute Gasteiger partial charge is 0.340 e. The normalized spacial score (nSPS) is 10.9. The first-order chi connectivity index (χ1) is 9.43. The van der Waals surface area contributed by atoms with Gasteiger partial charge in [-0.15, -0.1) is 0 Å². The molecule has 0 aliphatic carbocycles. The molecule has 1 aromatic carbocycles. The predicted molar refractivity (Wildman–Crippen MR) is 64.9 cm³/mol. The van der Waals surface area contributed by atoms with Gasteiger partial charge in [-0.2, -0.15) is 5.10 Å². The number of rotatable bonds is 3. The van der Waals surface area contributed by atoms with Crippen LogP contribution in [0.4, 0.5) is 13.2 Å². The van der Waals surface area contributed by atoms with E-state index in [1.807, 2.05) is 0 Å². The highest BCUT2D eigenvalue weighted by Crippen LogP contribution is 2.30. The lowest BCUT2D eigenvalue weighted by Gasteiger charge is -2.05. The number of ether oxygens (including phenoxy) is 1. The van der Waals surface area contributed by atoms with Gasteiger partial charge in [0.05, 0.1) is 18.2 Å². The molecule has 0 fully saturated rings. The zero-order chi connectivity index (χ0) is 14.9. The summed E-state index contributed by atoms with van der Waals surface area (Å²) in [7, 11) is 2.62. The zero-order valence-corrected chi connectivity index (χ0v) is 10.7.